The summed E-state index contributed by atoms with van der Waals surface area (Å²) in [5.41, 5.74) is 1.50. The van der Waals surface area contributed by atoms with Crippen molar-refractivity contribution >= 4 is 11.9 Å². The second kappa shape index (κ2) is 5.11. The molecule has 1 saturated heterocycles. The van der Waals surface area contributed by atoms with Crippen molar-refractivity contribution in [3.8, 4) is 6.07 Å². The number of hydrogen-bond acceptors (Lipinski definition) is 3. The first-order valence-electron chi connectivity index (χ1n) is 6.01. The maximum atomic E-state index is 12.0. The van der Waals surface area contributed by atoms with Crippen molar-refractivity contribution in [1.82, 2.24) is 4.90 Å². The smallest absolute Gasteiger partial charge is 0.304 e. The molecule has 0 spiro atoms. The third-order valence-electron chi connectivity index (χ3n) is 3.52. The maximum absolute atomic E-state index is 12.0. The highest BCUT2D eigenvalue weighted by molar-refractivity contribution is 5.85. The van der Waals surface area contributed by atoms with Crippen molar-refractivity contribution in [2.45, 2.75) is 18.9 Å². The summed E-state index contributed by atoms with van der Waals surface area (Å²) in [4.78, 5) is 24.3. The Hall–Kier alpha value is -2.35. The topological polar surface area (TPSA) is 81.4 Å². The molecule has 0 aromatic heterocycles. The lowest BCUT2D eigenvalue weighted by Gasteiger charge is -2.19. The van der Waals surface area contributed by atoms with Gasteiger partial charge in [-0.05, 0) is 24.1 Å². The van der Waals surface area contributed by atoms with Crippen molar-refractivity contribution in [2.24, 2.45) is 5.92 Å². The molecule has 1 aromatic carbocycles. The molecule has 5 heteroatoms. The van der Waals surface area contributed by atoms with Crippen LogP contribution >= 0.6 is 0 Å². The number of rotatable bonds is 3. The lowest BCUT2D eigenvalue weighted by Crippen LogP contribution is -2.25. The van der Waals surface area contributed by atoms with Gasteiger partial charge in [-0.3, -0.25) is 9.59 Å². The van der Waals surface area contributed by atoms with Gasteiger partial charge in [-0.2, -0.15) is 5.26 Å². The zero-order valence-electron chi connectivity index (χ0n) is 10.5. The lowest BCUT2D eigenvalue weighted by molar-refractivity contribution is -0.141. The van der Waals surface area contributed by atoms with Gasteiger partial charge >= 0.3 is 5.97 Å². The normalized spacial score (nSPS) is 22.3. The predicted molar refractivity (Wildman–Crippen MR) is 67.0 cm³/mol. The summed E-state index contributed by atoms with van der Waals surface area (Å²) in [6, 6.07) is 8.98. The number of nitriles is 1. The minimum Gasteiger partial charge on any atom is -0.481 e. The van der Waals surface area contributed by atoms with Crippen LogP contribution < -0.4 is 0 Å². The Morgan fingerprint density at radius 2 is 2.11 bits per heavy atom. The Morgan fingerprint density at radius 3 is 2.63 bits per heavy atom. The van der Waals surface area contributed by atoms with E-state index in [4.69, 9.17) is 10.4 Å². The Bertz CT molecular complexity index is 545. The van der Waals surface area contributed by atoms with E-state index in [9.17, 15) is 9.59 Å². The number of likely N-dealkylation sites (tertiary alicyclic amines) is 1. The third-order valence-corrected chi connectivity index (χ3v) is 3.52. The number of nitrogens with zero attached hydrogens (tertiary/aromatic N) is 2. The number of carboxylic acids is 1. The number of carbonyl (C=O) groups excluding carboxylic acids is 1. The molecule has 1 amide bonds. The molecule has 0 bridgehead atoms. The minimum absolute atomic E-state index is 0.107. The third kappa shape index (κ3) is 2.58. The molecule has 98 valence electrons. The predicted octanol–water partition coefficient (Wildman–Crippen LogP) is 1.55. The van der Waals surface area contributed by atoms with Gasteiger partial charge in [0.25, 0.3) is 0 Å². The van der Waals surface area contributed by atoms with Gasteiger partial charge in [0.15, 0.2) is 0 Å². The number of benzene rings is 1. The van der Waals surface area contributed by atoms with Gasteiger partial charge in [0.2, 0.25) is 5.91 Å². The SMILES string of the molecule is CN1C(=O)C(CC(=O)O)CC1c1ccc(C#N)cc1. The summed E-state index contributed by atoms with van der Waals surface area (Å²) in [6.45, 7) is 0. The minimum atomic E-state index is -0.952. The van der Waals surface area contributed by atoms with Crippen LogP contribution in [0.2, 0.25) is 0 Å². The van der Waals surface area contributed by atoms with E-state index in [2.05, 4.69) is 0 Å². The summed E-state index contributed by atoms with van der Waals surface area (Å²) in [5, 5.41) is 17.5. The average molecular weight is 258 g/mol. The standard InChI is InChI=1S/C14H14N2O3/c1-16-12(6-11(14(16)19)7-13(17)18)10-4-2-9(8-15)3-5-10/h2-5,11-12H,6-7H2,1H3,(H,17,18). The van der Waals surface area contributed by atoms with E-state index >= 15 is 0 Å². The zero-order valence-corrected chi connectivity index (χ0v) is 10.5. The molecule has 1 N–H and O–H groups in total. The van der Waals surface area contributed by atoms with Crippen molar-refractivity contribution in [1.29, 1.82) is 5.26 Å². The van der Waals surface area contributed by atoms with Gasteiger partial charge in [0.1, 0.15) is 0 Å². The van der Waals surface area contributed by atoms with Crippen LogP contribution in [0.1, 0.15) is 30.0 Å². The van der Waals surface area contributed by atoms with E-state index in [0.717, 1.165) is 5.56 Å². The number of carboxylic acid groups (broad SMARTS) is 1. The molecule has 1 aliphatic rings. The largest absolute Gasteiger partial charge is 0.481 e. The highest BCUT2D eigenvalue weighted by atomic mass is 16.4. The number of hydrogen-bond donors (Lipinski definition) is 1. The number of carbonyl (C=O) groups is 2. The van der Waals surface area contributed by atoms with E-state index in [1.54, 1.807) is 24.1 Å². The van der Waals surface area contributed by atoms with Crippen LogP contribution in [0.3, 0.4) is 0 Å². The Kier molecular flexibility index (Phi) is 3.52. The van der Waals surface area contributed by atoms with Crippen LogP contribution in [-0.4, -0.2) is 28.9 Å². The molecule has 1 fully saturated rings. The molecule has 19 heavy (non-hydrogen) atoms. The van der Waals surface area contributed by atoms with Crippen LogP contribution in [0, 0.1) is 17.2 Å². The second-order valence-corrected chi connectivity index (χ2v) is 4.73. The van der Waals surface area contributed by atoms with Crippen molar-refractivity contribution < 1.29 is 14.7 Å². The molecule has 1 aliphatic heterocycles. The molecule has 2 rings (SSSR count). The fourth-order valence-corrected chi connectivity index (χ4v) is 2.49. The van der Waals surface area contributed by atoms with Gasteiger partial charge < -0.3 is 10.0 Å². The second-order valence-electron chi connectivity index (χ2n) is 4.73. The Balaban J connectivity index is 2.19. The molecular formula is C14H14N2O3. The summed E-state index contributed by atoms with van der Waals surface area (Å²) in [5.74, 6) is -1.54. The van der Waals surface area contributed by atoms with Crippen molar-refractivity contribution in [3.63, 3.8) is 0 Å². The molecule has 1 aromatic rings. The fourth-order valence-electron chi connectivity index (χ4n) is 2.49. The molecule has 1 heterocycles. The molecule has 2 unspecified atom stereocenters. The van der Waals surface area contributed by atoms with Crippen LogP contribution in [0.25, 0.3) is 0 Å². The van der Waals surface area contributed by atoms with E-state index in [-0.39, 0.29) is 18.4 Å². The molecular weight excluding hydrogens is 244 g/mol. The van der Waals surface area contributed by atoms with E-state index < -0.39 is 11.9 Å². The van der Waals surface area contributed by atoms with E-state index in [1.807, 2.05) is 18.2 Å². The fraction of sp³-hybridized carbons (Fsp3) is 0.357. The first-order chi connectivity index (χ1) is 9.02. The Labute approximate surface area is 111 Å². The first-order valence-corrected chi connectivity index (χ1v) is 6.01. The number of amides is 1. The highest BCUT2D eigenvalue weighted by Crippen LogP contribution is 2.36. The molecule has 5 nitrogen and oxygen atoms in total. The monoisotopic (exact) mass is 258 g/mol. The molecule has 2 atom stereocenters. The van der Waals surface area contributed by atoms with Gasteiger partial charge in [0, 0.05) is 7.05 Å². The summed E-state index contributed by atoms with van der Waals surface area (Å²) in [6.07, 6.45) is 0.378. The van der Waals surface area contributed by atoms with Crippen molar-refractivity contribution in [2.75, 3.05) is 7.05 Å². The van der Waals surface area contributed by atoms with Crippen molar-refractivity contribution in [3.05, 3.63) is 35.4 Å². The summed E-state index contributed by atoms with van der Waals surface area (Å²) >= 11 is 0. The van der Waals surface area contributed by atoms with Gasteiger partial charge in [-0.1, -0.05) is 12.1 Å². The molecule has 0 saturated carbocycles. The molecule has 0 aliphatic carbocycles. The average Bonchev–Trinajstić information content (AvgIpc) is 2.67. The summed E-state index contributed by atoms with van der Waals surface area (Å²) in [7, 11) is 1.69. The van der Waals surface area contributed by atoms with Gasteiger partial charge in [0.05, 0.1) is 30.0 Å². The maximum Gasteiger partial charge on any atom is 0.304 e. The van der Waals surface area contributed by atoms with Crippen LogP contribution in [0.4, 0.5) is 0 Å². The summed E-state index contributed by atoms with van der Waals surface area (Å²) < 4.78 is 0. The van der Waals surface area contributed by atoms with Gasteiger partial charge in [-0.15, -0.1) is 0 Å². The first kappa shape index (κ1) is 13.1. The highest BCUT2D eigenvalue weighted by Gasteiger charge is 2.38. The van der Waals surface area contributed by atoms with Crippen LogP contribution in [-0.2, 0) is 9.59 Å². The quantitative estimate of drug-likeness (QED) is 0.891. The number of aliphatic carboxylic acids is 1. The van der Waals surface area contributed by atoms with E-state index in [0.29, 0.717) is 12.0 Å². The Morgan fingerprint density at radius 1 is 1.47 bits per heavy atom. The van der Waals surface area contributed by atoms with Crippen LogP contribution in [0.5, 0.6) is 0 Å². The zero-order chi connectivity index (χ0) is 14.0. The van der Waals surface area contributed by atoms with Crippen LogP contribution in [0.15, 0.2) is 24.3 Å². The lowest BCUT2D eigenvalue weighted by atomic mass is 9.97. The van der Waals surface area contributed by atoms with Gasteiger partial charge in [-0.25, -0.2) is 0 Å². The van der Waals surface area contributed by atoms with E-state index in [1.165, 1.54) is 0 Å². The molecule has 0 radical (unpaired) electrons.